The van der Waals surface area contributed by atoms with Crippen LogP contribution in [0, 0.1) is 5.82 Å². The van der Waals surface area contributed by atoms with Gasteiger partial charge in [0.15, 0.2) is 0 Å². The summed E-state index contributed by atoms with van der Waals surface area (Å²) in [6.45, 7) is 6.30. The van der Waals surface area contributed by atoms with E-state index >= 15 is 0 Å². The highest BCUT2D eigenvalue weighted by atomic mass is 35.5. The molecule has 0 N–H and O–H groups in total. The lowest BCUT2D eigenvalue weighted by molar-refractivity contribution is 0.472. The van der Waals surface area contributed by atoms with Crippen LogP contribution in [0.2, 0.25) is 0 Å². The van der Waals surface area contributed by atoms with Gasteiger partial charge in [-0.2, -0.15) is 0 Å². The van der Waals surface area contributed by atoms with Crippen molar-refractivity contribution >= 4 is 22.6 Å². The lowest BCUT2D eigenvalue weighted by Gasteiger charge is -2.18. The molecule has 110 valence electrons. The Hall–Kier alpha value is -1.09. The Bertz CT molecular complexity index is 577. The number of imidazole rings is 1. The number of nitrogens with zero attached hydrogens (tertiary/aromatic N) is 2. The molecule has 0 aliphatic heterocycles. The zero-order chi connectivity index (χ0) is 14.7. The SMILES string of the molecule is CCCCCC(C)n1c(C(C)Cl)nc2cc(F)ccc21. The summed E-state index contributed by atoms with van der Waals surface area (Å²) in [6.07, 6.45) is 4.72. The van der Waals surface area contributed by atoms with Crippen LogP contribution in [0.15, 0.2) is 18.2 Å². The quantitative estimate of drug-likeness (QED) is 0.500. The molecule has 1 aromatic heterocycles. The first-order valence-corrected chi connectivity index (χ1v) is 7.79. The van der Waals surface area contributed by atoms with Gasteiger partial charge in [0.2, 0.25) is 0 Å². The summed E-state index contributed by atoms with van der Waals surface area (Å²) in [5.41, 5.74) is 1.66. The van der Waals surface area contributed by atoms with Crippen LogP contribution >= 0.6 is 11.6 Å². The Morgan fingerprint density at radius 2 is 2.05 bits per heavy atom. The normalized spacial score (nSPS) is 14.7. The maximum Gasteiger partial charge on any atom is 0.127 e. The number of fused-ring (bicyclic) bond motifs is 1. The average molecular weight is 297 g/mol. The van der Waals surface area contributed by atoms with Crippen molar-refractivity contribution in [2.45, 2.75) is 57.9 Å². The number of rotatable bonds is 6. The molecule has 2 unspecified atom stereocenters. The van der Waals surface area contributed by atoms with Crippen molar-refractivity contribution in [3.63, 3.8) is 0 Å². The number of unbranched alkanes of at least 4 members (excludes halogenated alkanes) is 2. The summed E-state index contributed by atoms with van der Waals surface area (Å²) in [6, 6.07) is 5.10. The van der Waals surface area contributed by atoms with Gasteiger partial charge >= 0.3 is 0 Å². The fourth-order valence-electron chi connectivity index (χ4n) is 2.65. The summed E-state index contributed by atoms with van der Waals surface area (Å²) < 4.78 is 15.5. The summed E-state index contributed by atoms with van der Waals surface area (Å²) >= 11 is 6.25. The zero-order valence-corrected chi connectivity index (χ0v) is 13.1. The maximum atomic E-state index is 13.3. The third kappa shape index (κ3) is 3.14. The highest BCUT2D eigenvalue weighted by Gasteiger charge is 2.19. The van der Waals surface area contributed by atoms with Gasteiger partial charge < -0.3 is 4.57 Å². The van der Waals surface area contributed by atoms with Crippen molar-refractivity contribution in [3.8, 4) is 0 Å². The van der Waals surface area contributed by atoms with E-state index in [1.807, 2.05) is 6.92 Å². The molecule has 4 heteroatoms. The number of alkyl halides is 1. The second kappa shape index (κ2) is 6.57. The minimum atomic E-state index is -0.255. The molecule has 20 heavy (non-hydrogen) atoms. The third-order valence-electron chi connectivity index (χ3n) is 3.70. The van der Waals surface area contributed by atoms with Gasteiger partial charge in [0.25, 0.3) is 0 Å². The average Bonchev–Trinajstić information content (AvgIpc) is 2.77. The molecule has 1 heterocycles. The third-order valence-corrected chi connectivity index (χ3v) is 3.90. The van der Waals surface area contributed by atoms with Gasteiger partial charge in [-0.3, -0.25) is 0 Å². The smallest absolute Gasteiger partial charge is 0.127 e. The van der Waals surface area contributed by atoms with Crippen LogP contribution < -0.4 is 0 Å². The number of benzene rings is 1. The maximum absolute atomic E-state index is 13.3. The summed E-state index contributed by atoms with van der Waals surface area (Å²) in [5, 5.41) is -0.181. The van der Waals surface area contributed by atoms with Crippen molar-refractivity contribution in [2.24, 2.45) is 0 Å². The molecule has 0 bridgehead atoms. The van der Waals surface area contributed by atoms with Crippen LogP contribution in [0.3, 0.4) is 0 Å². The number of halogens is 2. The van der Waals surface area contributed by atoms with Gasteiger partial charge in [-0.1, -0.05) is 26.2 Å². The standard InChI is InChI=1S/C16H22ClFN2/c1-4-5-6-7-11(2)20-15-9-8-13(18)10-14(15)19-16(20)12(3)17/h8-12H,4-7H2,1-3H3. The van der Waals surface area contributed by atoms with Gasteiger partial charge in [-0.15, -0.1) is 11.6 Å². The Labute approximate surface area is 125 Å². The highest BCUT2D eigenvalue weighted by molar-refractivity contribution is 6.20. The van der Waals surface area contributed by atoms with Crippen LogP contribution in [0.25, 0.3) is 11.0 Å². The molecule has 2 rings (SSSR count). The highest BCUT2D eigenvalue weighted by Crippen LogP contribution is 2.30. The molecule has 0 amide bonds. The molecule has 0 aliphatic rings. The second-order valence-electron chi connectivity index (χ2n) is 5.43. The number of aromatic nitrogens is 2. The molecule has 2 nitrogen and oxygen atoms in total. The van der Waals surface area contributed by atoms with Crippen molar-refractivity contribution in [2.75, 3.05) is 0 Å². The van der Waals surface area contributed by atoms with E-state index in [0.29, 0.717) is 11.6 Å². The lowest BCUT2D eigenvalue weighted by Crippen LogP contribution is -2.10. The van der Waals surface area contributed by atoms with Gasteiger partial charge in [0, 0.05) is 12.1 Å². The molecular weight excluding hydrogens is 275 g/mol. The van der Waals surface area contributed by atoms with Gasteiger partial charge in [-0.25, -0.2) is 9.37 Å². The van der Waals surface area contributed by atoms with Crippen molar-refractivity contribution in [3.05, 3.63) is 29.8 Å². The predicted octanol–water partition coefficient (Wildman–Crippen LogP) is 5.62. The van der Waals surface area contributed by atoms with E-state index in [0.717, 1.165) is 17.8 Å². The van der Waals surface area contributed by atoms with Crippen LogP contribution in [-0.2, 0) is 0 Å². The molecular formula is C16H22ClFN2. The predicted molar refractivity (Wildman–Crippen MR) is 82.8 cm³/mol. The molecule has 1 aromatic carbocycles. The number of hydrogen-bond donors (Lipinski definition) is 0. The summed E-state index contributed by atoms with van der Waals surface area (Å²) in [4.78, 5) is 4.51. The second-order valence-corrected chi connectivity index (χ2v) is 6.09. The van der Waals surface area contributed by atoms with Gasteiger partial charge in [0.1, 0.15) is 11.6 Å². The van der Waals surface area contributed by atoms with Crippen LogP contribution in [0.1, 0.15) is 63.7 Å². The molecule has 2 atom stereocenters. The molecule has 2 aromatic rings. The number of hydrogen-bond acceptors (Lipinski definition) is 1. The van der Waals surface area contributed by atoms with E-state index in [2.05, 4.69) is 23.4 Å². The Morgan fingerprint density at radius 1 is 1.30 bits per heavy atom. The molecule has 0 radical (unpaired) electrons. The lowest BCUT2D eigenvalue weighted by atomic mass is 10.1. The van der Waals surface area contributed by atoms with E-state index in [1.165, 1.54) is 31.4 Å². The van der Waals surface area contributed by atoms with E-state index in [9.17, 15) is 4.39 Å². The van der Waals surface area contributed by atoms with Crippen molar-refractivity contribution in [1.29, 1.82) is 0 Å². The van der Waals surface area contributed by atoms with Gasteiger partial charge in [-0.05, 0) is 32.4 Å². The van der Waals surface area contributed by atoms with E-state index in [-0.39, 0.29) is 11.2 Å². The Balaban J connectivity index is 2.40. The van der Waals surface area contributed by atoms with Crippen LogP contribution in [0.5, 0.6) is 0 Å². The first-order chi connectivity index (χ1) is 9.54. The van der Waals surface area contributed by atoms with Crippen molar-refractivity contribution < 1.29 is 4.39 Å². The first kappa shape index (κ1) is 15.3. The van der Waals surface area contributed by atoms with E-state index < -0.39 is 0 Å². The minimum Gasteiger partial charge on any atom is -0.324 e. The topological polar surface area (TPSA) is 17.8 Å². The Kier molecular flexibility index (Phi) is 5.03. The molecule has 0 saturated carbocycles. The van der Waals surface area contributed by atoms with Gasteiger partial charge in [0.05, 0.1) is 16.4 Å². The van der Waals surface area contributed by atoms with Crippen LogP contribution in [0.4, 0.5) is 4.39 Å². The summed E-state index contributed by atoms with van der Waals surface area (Å²) in [7, 11) is 0. The minimum absolute atomic E-state index is 0.181. The van der Waals surface area contributed by atoms with Crippen LogP contribution in [-0.4, -0.2) is 9.55 Å². The Morgan fingerprint density at radius 3 is 2.70 bits per heavy atom. The summed E-state index contributed by atoms with van der Waals surface area (Å²) in [5.74, 6) is 0.575. The molecule has 0 saturated heterocycles. The first-order valence-electron chi connectivity index (χ1n) is 7.36. The van der Waals surface area contributed by atoms with E-state index in [1.54, 1.807) is 6.07 Å². The molecule has 0 fully saturated rings. The monoisotopic (exact) mass is 296 g/mol. The zero-order valence-electron chi connectivity index (χ0n) is 12.4. The fraction of sp³-hybridized carbons (Fsp3) is 0.562. The van der Waals surface area contributed by atoms with E-state index in [4.69, 9.17) is 11.6 Å². The molecule has 0 spiro atoms. The molecule has 0 aliphatic carbocycles. The largest absolute Gasteiger partial charge is 0.324 e. The van der Waals surface area contributed by atoms with Crippen molar-refractivity contribution in [1.82, 2.24) is 9.55 Å². The fourth-order valence-corrected chi connectivity index (χ4v) is 2.81.